The molecule has 0 aliphatic carbocycles. The second-order valence-corrected chi connectivity index (χ2v) is 5.28. The molecule has 2 rings (SSSR count). The summed E-state index contributed by atoms with van der Waals surface area (Å²) in [5.41, 5.74) is 0.863. The molecule has 1 unspecified atom stereocenters. The monoisotopic (exact) mass is 299 g/mol. The first-order chi connectivity index (χ1) is 8.16. The van der Waals surface area contributed by atoms with Gasteiger partial charge in [-0.15, -0.1) is 0 Å². The van der Waals surface area contributed by atoms with Gasteiger partial charge in [0.15, 0.2) is 0 Å². The van der Waals surface area contributed by atoms with E-state index in [0.717, 1.165) is 31.5 Å². The summed E-state index contributed by atoms with van der Waals surface area (Å²) < 4.78 is 13.6. The first kappa shape index (κ1) is 12.7. The molecule has 0 aromatic heterocycles. The van der Waals surface area contributed by atoms with Crippen molar-refractivity contribution in [3.8, 4) is 0 Å². The van der Waals surface area contributed by atoms with Crippen LogP contribution in [-0.2, 0) is 11.2 Å². The zero-order valence-electron chi connectivity index (χ0n) is 9.51. The van der Waals surface area contributed by atoms with E-state index in [1.165, 1.54) is 12.1 Å². The van der Waals surface area contributed by atoms with E-state index in [1.54, 1.807) is 6.07 Å². The van der Waals surface area contributed by atoms with Gasteiger partial charge in [0.05, 0.1) is 0 Å². The van der Waals surface area contributed by atoms with Crippen LogP contribution in [0.5, 0.6) is 0 Å². The van der Waals surface area contributed by atoms with Crippen molar-refractivity contribution in [2.75, 3.05) is 13.1 Å². The fourth-order valence-corrected chi connectivity index (χ4v) is 2.61. The molecule has 1 heterocycles. The van der Waals surface area contributed by atoms with E-state index in [4.69, 9.17) is 0 Å². The SMILES string of the molecule is O=C(Cc1ccc(F)cc1Br)C1CCCNC1. The number of hydrogen-bond acceptors (Lipinski definition) is 2. The Labute approximate surface area is 109 Å². The highest BCUT2D eigenvalue weighted by Gasteiger charge is 2.21. The molecule has 1 saturated heterocycles. The summed E-state index contributed by atoms with van der Waals surface area (Å²) >= 11 is 3.29. The summed E-state index contributed by atoms with van der Waals surface area (Å²) in [5.74, 6) is 0.0672. The summed E-state index contributed by atoms with van der Waals surface area (Å²) in [6.45, 7) is 1.78. The number of nitrogens with one attached hydrogen (secondary N) is 1. The van der Waals surface area contributed by atoms with Crippen LogP contribution in [0.4, 0.5) is 4.39 Å². The molecule has 0 spiro atoms. The molecule has 0 amide bonds. The van der Waals surface area contributed by atoms with Crippen molar-refractivity contribution in [2.24, 2.45) is 5.92 Å². The minimum absolute atomic E-state index is 0.112. The van der Waals surface area contributed by atoms with E-state index in [9.17, 15) is 9.18 Å². The molecular formula is C13H15BrFNO. The Morgan fingerprint density at radius 1 is 1.53 bits per heavy atom. The standard InChI is InChI=1S/C13H15BrFNO/c14-12-7-11(15)4-3-9(12)6-13(17)10-2-1-5-16-8-10/h3-4,7,10,16H,1-2,5-6,8H2. The Morgan fingerprint density at radius 3 is 3.00 bits per heavy atom. The third kappa shape index (κ3) is 3.36. The van der Waals surface area contributed by atoms with Crippen molar-refractivity contribution >= 4 is 21.7 Å². The first-order valence-electron chi connectivity index (χ1n) is 5.84. The molecule has 0 bridgehead atoms. The van der Waals surface area contributed by atoms with Gasteiger partial charge >= 0.3 is 0 Å². The number of carbonyl (C=O) groups excluding carboxylic acids is 1. The van der Waals surface area contributed by atoms with Gasteiger partial charge < -0.3 is 5.32 Å². The van der Waals surface area contributed by atoms with Gasteiger partial charge in [0.2, 0.25) is 0 Å². The highest BCUT2D eigenvalue weighted by atomic mass is 79.9. The number of Topliss-reactive ketones (excluding diaryl/α,β-unsaturated/α-hetero) is 1. The molecule has 1 atom stereocenters. The Balaban J connectivity index is 2.02. The second-order valence-electron chi connectivity index (χ2n) is 4.42. The third-order valence-corrected chi connectivity index (χ3v) is 3.87. The van der Waals surface area contributed by atoms with Crippen molar-refractivity contribution in [1.82, 2.24) is 5.32 Å². The van der Waals surface area contributed by atoms with Crippen LogP contribution in [0.25, 0.3) is 0 Å². The van der Waals surface area contributed by atoms with E-state index < -0.39 is 0 Å². The van der Waals surface area contributed by atoms with Crippen molar-refractivity contribution in [3.63, 3.8) is 0 Å². The number of benzene rings is 1. The Bertz CT molecular complexity index is 416. The van der Waals surface area contributed by atoms with Gasteiger partial charge in [-0.3, -0.25) is 4.79 Å². The normalized spacial score (nSPS) is 20.2. The van der Waals surface area contributed by atoms with Crippen molar-refractivity contribution < 1.29 is 9.18 Å². The van der Waals surface area contributed by atoms with Gasteiger partial charge in [0.25, 0.3) is 0 Å². The van der Waals surface area contributed by atoms with Crippen LogP contribution in [-0.4, -0.2) is 18.9 Å². The smallest absolute Gasteiger partial charge is 0.141 e. The van der Waals surface area contributed by atoms with Crippen LogP contribution in [0.1, 0.15) is 18.4 Å². The second kappa shape index (κ2) is 5.74. The van der Waals surface area contributed by atoms with Crippen LogP contribution in [0.2, 0.25) is 0 Å². The van der Waals surface area contributed by atoms with Gasteiger partial charge in [0, 0.05) is 23.4 Å². The third-order valence-electron chi connectivity index (χ3n) is 3.13. The van der Waals surface area contributed by atoms with Crippen molar-refractivity contribution in [3.05, 3.63) is 34.1 Å². The highest BCUT2D eigenvalue weighted by molar-refractivity contribution is 9.10. The quantitative estimate of drug-likeness (QED) is 0.930. The topological polar surface area (TPSA) is 29.1 Å². The van der Waals surface area contributed by atoms with Crippen LogP contribution in [0, 0.1) is 11.7 Å². The number of halogens is 2. The lowest BCUT2D eigenvalue weighted by Gasteiger charge is -2.21. The van der Waals surface area contributed by atoms with Gasteiger partial charge in [-0.2, -0.15) is 0 Å². The molecule has 1 N–H and O–H groups in total. The van der Waals surface area contributed by atoms with Crippen LogP contribution < -0.4 is 5.32 Å². The zero-order valence-corrected chi connectivity index (χ0v) is 11.1. The average Bonchev–Trinajstić information content (AvgIpc) is 2.34. The van der Waals surface area contributed by atoms with Gasteiger partial charge in [-0.1, -0.05) is 22.0 Å². The Morgan fingerprint density at radius 2 is 2.35 bits per heavy atom. The fraction of sp³-hybridized carbons (Fsp3) is 0.462. The number of carbonyl (C=O) groups is 1. The Kier molecular flexibility index (Phi) is 4.29. The predicted molar refractivity (Wildman–Crippen MR) is 68.4 cm³/mol. The minimum Gasteiger partial charge on any atom is -0.316 e. The molecule has 2 nitrogen and oxygen atoms in total. The van der Waals surface area contributed by atoms with Crippen LogP contribution >= 0.6 is 15.9 Å². The summed E-state index contributed by atoms with van der Waals surface area (Å²) in [6, 6.07) is 4.47. The molecule has 92 valence electrons. The molecule has 1 aliphatic heterocycles. The van der Waals surface area contributed by atoms with Crippen molar-refractivity contribution in [1.29, 1.82) is 0 Å². The minimum atomic E-state index is -0.285. The maximum absolute atomic E-state index is 12.9. The summed E-state index contributed by atoms with van der Waals surface area (Å²) in [6.07, 6.45) is 2.40. The summed E-state index contributed by atoms with van der Waals surface area (Å²) in [4.78, 5) is 12.1. The molecule has 1 aromatic carbocycles. The first-order valence-corrected chi connectivity index (χ1v) is 6.63. The maximum Gasteiger partial charge on any atom is 0.141 e. The number of rotatable bonds is 3. The van der Waals surface area contributed by atoms with E-state index in [2.05, 4.69) is 21.2 Å². The molecule has 4 heteroatoms. The number of hydrogen-bond donors (Lipinski definition) is 1. The van der Waals surface area contributed by atoms with Crippen LogP contribution in [0.3, 0.4) is 0 Å². The molecule has 0 saturated carbocycles. The largest absolute Gasteiger partial charge is 0.316 e. The van der Waals surface area contributed by atoms with E-state index in [-0.39, 0.29) is 17.5 Å². The van der Waals surface area contributed by atoms with Gasteiger partial charge in [0.1, 0.15) is 11.6 Å². The predicted octanol–water partition coefficient (Wildman–Crippen LogP) is 2.70. The molecule has 1 aromatic rings. The fourth-order valence-electron chi connectivity index (χ4n) is 2.12. The summed E-state index contributed by atoms with van der Waals surface area (Å²) in [5, 5.41) is 3.23. The highest BCUT2D eigenvalue weighted by Crippen LogP contribution is 2.21. The average molecular weight is 300 g/mol. The molecular weight excluding hydrogens is 285 g/mol. The molecule has 0 radical (unpaired) electrons. The lowest BCUT2D eigenvalue weighted by molar-refractivity contribution is -0.122. The van der Waals surface area contributed by atoms with Gasteiger partial charge in [-0.05, 0) is 37.1 Å². The zero-order chi connectivity index (χ0) is 12.3. The molecule has 1 fully saturated rings. The van der Waals surface area contributed by atoms with Crippen molar-refractivity contribution in [2.45, 2.75) is 19.3 Å². The molecule has 1 aliphatic rings. The Hall–Kier alpha value is -0.740. The van der Waals surface area contributed by atoms with E-state index in [1.807, 2.05) is 0 Å². The van der Waals surface area contributed by atoms with Gasteiger partial charge in [-0.25, -0.2) is 4.39 Å². The lowest BCUT2D eigenvalue weighted by atomic mass is 9.91. The maximum atomic E-state index is 12.9. The van der Waals surface area contributed by atoms with E-state index >= 15 is 0 Å². The number of ketones is 1. The molecule has 17 heavy (non-hydrogen) atoms. The number of piperidine rings is 1. The van der Waals surface area contributed by atoms with Crippen LogP contribution in [0.15, 0.2) is 22.7 Å². The lowest BCUT2D eigenvalue weighted by Crippen LogP contribution is -2.35. The van der Waals surface area contributed by atoms with E-state index in [0.29, 0.717) is 10.9 Å². The summed E-state index contributed by atoms with van der Waals surface area (Å²) in [7, 11) is 0.